The van der Waals surface area contributed by atoms with Gasteiger partial charge in [0.05, 0.1) is 5.69 Å². The number of thiazole rings is 1. The lowest BCUT2D eigenvalue weighted by Crippen LogP contribution is -2.26. The lowest BCUT2D eigenvalue weighted by Gasteiger charge is -2.04. The molecule has 6 heteroatoms. The summed E-state index contributed by atoms with van der Waals surface area (Å²) < 4.78 is 1.94. The summed E-state index contributed by atoms with van der Waals surface area (Å²) in [7, 11) is 0. The van der Waals surface area contributed by atoms with E-state index in [9.17, 15) is 4.79 Å². The van der Waals surface area contributed by atoms with Crippen molar-refractivity contribution in [2.24, 2.45) is 0 Å². The van der Waals surface area contributed by atoms with Gasteiger partial charge < -0.3 is 9.88 Å². The van der Waals surface area contributed by atoms with Crippen molar-refractivity contribution in [3.05, 3.63) is 65.2 Å². The van der Waals surface area contributed by atoms with Gasteiger partial charge >= 0.3 is 0 Å². The number of carbonyl (C=O) groups is 1. The third kappa shape index (κ3) is 3.89. The summed E-state index contributed by atoms with van der Waals surface area (Å²) in [5.74, 6) is -0.0507. The first-order valence-corrected chi connectivity index (χ1v) is 8.90. The molecule has 1 amide bonds. The smallest absolute Gasteiger partial charge is 0.263 e. The molecule has 0 aromatic carbocycles. The van der Waals surface area contributed by atoms with Crippen LogP contribution < -0.4 is 5.32 Å². The number of pyridine rings is 1. The van der Waals surface area contributed by atoms with Gasteiger partial charge in [-0.1, -0.05) is 30.7 Å². The molecule has 0 atom stereocenters. The second-order valence-corrected chi connectivity index (χ2v) is 6.42. The van der Waals surface area contributed by atoms with Crippen molar-refractivity contribution in [3.8, 4) is 5.13 Å². The molecule has 0 fully saturated rings. The fourth-order valence-electron chi connectivity index (χ4n) is 2.43. The molecule has 0 aliphatic rings. The zero-order valence-electron chi connectivity index (χ0n) is 13.6. The highest BCUT2D eigenvalue weighted by Gasteiger charge is 2.18. The van der Waals surface area contributed by atoms with E-state index < -0.39 is 0 Å². The van der Waals surface area contributed by atoms with E-state index in [2.05, 4.69) is 22.2 Å². The third-order valence-electron chi connectivity index (χ3n) is 3.60. The summed E-state index contributed by atoms with van der Waals surface area (Å²) in [4.78, 5) is 22.2. The van der Waals surface area contributed by atoms with Crippen LogP contribution in [0.1, 0.15) is 34.4 Å². The van der Waals surface area contributed by atoms with Gasteiger partial charge in [-0.3, -0.25) is 9.78 Å². The van der Waals surface area contributed by atoms with Crippen LogP contribution >= 0.6 is 11.3 Å². The number of nitrogens with zero attached hydrogens (tertiary/aromatic N) is 3. The first-order valence-electron chi connectivity index (χ1n) is 8.09. The summed E-state index contributed by atoms with van der Waals surface area (Å²) in [5, 5.41) is 3.82. The zero-order chi connectivity index (χ0) is 16.8. The van der Waals surface area contributed by atoms with E-state index in [4.69, 9.17) is 0 Å². The van der Waals surface area contributed by atoms with E-state index >= 15 is 0 Å². The Morgan fingerprint density at radius 2 is 2.04 bits per heavy atom. The monoisotopic (exact) mass is 340 g/mol. The average molecular weight is 340 g/mol. The summed E-state index contributed by atoms with van der Waals surface area (Å²) in [6, 6.07) is 9.71. The Hall–Kier alpha value is -2.47. The Balaban J connectivity index is 1.69. The Kier molecular flexibility index (Phi) is 5.38. The average Bonchev–Trinajstić information content (AvgIpc) is 3.25. The van der Waals surface area contributed by atoms with Crippen molar-refractivity contribution in [3.63, 3.8) is 0 Å². The molecule has 0 saturated carbocycles. The second kappa shape index (κ2) is 7.88. The van der Waals surface area contributed by atoms with Gasteiger partial charge in [-0.05, 0) is 30.7 Å². The molecule has 3 rings (SSSR count). The predicted octanol–water partition coefficient (Wildman–Crippen LogP) is 3.25. The highest BCUT2D eigenvalue weighted by Crippen LogP contribution is 2.23. The normalized spacial score (nSPS) is 10.7. The minimum atomic E-state index is -0.0507. The maximum absolute atomic E-state index is 12.5. The van der Waals surface area contributed by atoms with Gasteiger partial charge in [-0.15, -0.1) is 0 Å². The molecule has 0 saturated heterocycles. The van der Waals surface area contributed by atoms with Crippen LogP contribution in [0.4, 0.5) is 0 Å². The number of nitrogens with one attached hydrogen (secondary N) is 1. The number of aromatic nitrogens is 3. The molecule has 0 bridgehead atoms. The molecular weight excluding hydrogens is 320 g/mol. The molecule has 0 spiro atoms. The lowest BCUT2D eigenvalue weighted by molar-refractivity contribution is 0.0957. The molecule has 3 heterocycles. The fourth-order valence-corrected chi connectivity index (χ4v) is 3.42. The van der Waals surface area contributed by atoms with Crippen molar-refractivity contribution < 1.29 is 4.79 Å². The van der Waals surface area contributed by atoms with Crippen molar-refractivity contribution >= 4 is 17.2 Å². The summed E-state index contributed by atoms with van der Waals surface area (Å²) in [5.41, 5.74) is 1.85. The molecule has 0 radical (unpaired) electrons. The lowest BCUT2D eigenvalue weighted by atomic mass is 10.2. The van der Waals surface area contributed by atoms with E-state index in [1.54, 1.807) is 6.20 Å². The topological polar surface area (TPSA) is 59.8 Å². The Morgan fingerprint density at radius 3 is 2.75 bits per heavy atom. The van der Waals surface area contributed by atoms with Crippen LogP contribution in [0.15, 0.2) is 48.9 Å². The molecule has 0 unspecified atom stereocenters. The second-order valence-electron chi connectivity index (χ2n) is 5.44. The molecule has 3 aromatic rings. The van der Waals surface area contributed by atoms with Crippen LogP contribution in [0.3, 0.4) is 0 Å². The van der Waals surface area contributed by atoms with Gasteiger partial charge in [0.2, 0.25) is 0 Å². The number of rotatable bonds is 7. The molecule has 0 aliphatic carbocycles. The van der Waals surface area contributed by atoms with E-state index in [1.165, 1.54) is 11.3 Å². The van der Waals surface area contributed by atoms with E-state index in [0.29, 0.717) is 11.4 Å². The highest BCUT2D eigenvalue weighted by atomic mass is 32.1. The zero-order valence-corrected chi connectivity index (χ0v) is 14.4. The first-order chi connectivity index (χ1) is 11.8. The molecule has 24 heavy (non-hydrogen) atoms. The Morgan fingerprint density at radius 1 is 1.21 bits per heavy atom. The van der Waals surface area contributed by atoms with Crippen molar-refractivity contribution in [1.82, 2.24) is 19.9 Å². The minimum absolute atomic E-state index is 0.0507. The highest BCUT2D eigenvalue weighted by molar-refractivity contribution is 7.16. The number of amides is 1. The van der Waals surface area contributed by atoms with Crippen molar-refractivity contribution in [1.29, 1.82) is 0 Å². The van der Waals surface area contributed by atoms with E-state index in [0.717, 1.165) is 35.8 Å². The van der Waals surface area contributed by atoms with Crippen LogP contribution in [-0.4, -0.2) is 27.0 Å². The van der Waals surface area contributed by atoms with Crippen LogP contribution in [0.2, 0.25) is 0 Å². The predicted molar refractivity (Wildman–Crippen MR) is 95.7 cm³/mol. The van der Waals surface area contributed by atoms with Crippen molar-refractivity contribution in [2.45, 2.75) is 26.2 Å². The Labute approximate surface area is 145 Å². The van der Waals surface area contributed by atoms with E-state index in [-0.39, 0.29) is 5.91 Å². The van der Waals surface area contributed by atoms with Gasteiger partial charge in [0.1, 0.15) is 4.88 Å². The Bertz CT molecular complexity index is 781. The van der Waals surface area contributed by atoms with Crippen molar-refractivity contribution in [2.75, 3.05) is 6.54 Å². The molecule has 1 N–H and O–H groups in total. The maximum atomic E-state index is 12.5. The minimum Gasteiger partial charge on any atom is -0.351 e. The van der Waals surface area contributed by atoms with Crippen LogP contribution in [-0.2, 0) is 12.8 Å². The summed E-state index contributed by atoms with van der Waals surface area (Å²) in [6.45, 7) is 2.66. The number of hydrogen-bond donors (Lipinski definition) is 1. The van der Waals surface area contributed by atoms with Gasteiger partial charge in [0.25, 0.3) is 5.91 Å². The molecule has 5 nitrogen and oxygen atoms in total. The largest absolute Gasteiger partial charge is 0.351 e. The van der Waals surface area contributed by atoms with Crippen LogP contribution in [0.5, 0.6) is 0 Å². The van der Waals surface area contributed by atoms with Gasteiger partial charge in [0.15, 0.2) is 5.13 Å². The third-order valence-corrected chi connectivity index (χ3v) is 4.71. The van der Waals surface area contributed by atoms with Gasteiger partial charge in [-0.25, -0.2) is 4.98 Å². The summed E-state index contributed by atoms with van der Waals surface area (Å²) in [6.07, 6.45) is 8.14. The maximum Gasteiger partial charge on any atom is 0.263 e. The standard InChI is InChI=1S/C18H20N4OS/c1-2-7-15-16(24-18(21-15)22-12-5-6-13-22)17(23)20-11-9-14-8-3-4-10-19-14/h3-6,8,10,12-13H,2,7,9,11H2,1H3,(H,20,23). The van der Waals surface area contributed by atoms with Crippen LogP contribution in [0, 0.1) is 0 Å². The summed E-state index contributed by atoms with van der Waals surface area (Å²) >= 11 is 1.44. The molecular formula is C18H20N4OS. The number of aryl methyl sites for hydroxylation is 1. The van der Waals surface area contributed by atoms with Crippen LogP contribution in [0.25, 0.3) is 5.13 Å². The molecule has 124 valence electrons. The van der Waals surface area contributed by atoms with E-state index in [1.807, 2.05) is 47.3 Å². The SMILES string of the molecule is CCCc1nc(-n2cccc2)sc1C(=O)NCCc1ccccn1. The van der Waals surface area contributed by atoms with Gasteiger partial charge in [0, 0.05) is 37.3 Å². The number of carbonyl (C=O) groups excluding carboxylic acids is 1. The molecule has 0 aliphatic heterocycles. The number of hydrogen-bond acceptors (Lipinski definition) is 4. The molecule has 3 aromatic heterocycles. The first kappa shape index (κ1) is 16.4. The quantitative estimate of drug-likeness (QED) is 0.718. The van der Waals surface area contributed by atoms with Gasteiger partial charge in [-0.2, -0.15) is 0 Å². The fraction of sp³-hybridized carbons (Fsp3) is 0.278.